The van der Waals surface area contributed by atoms with Gasteiger partial charge < -0.3 is 25.1 Å². The molecule has 0 amide bonds. The van der Waals surface area contributed by atoms with Crippen LogP contribution in [0.4, 0.5) is 11.6 Å². The third-order valence-corrected chi connectivity index (χ3v) is 7.48. The van der Waals surface area contributed by atoms with Gasteiger partial charge >= 0.3 is 21.1 Å². The zero-order valence-corrected chi connectivity index (χ0v) is 27.7. The van der Waals surface area contributed by atoms with Crippen LogP contribution in [-0.4, -0.2) is 31.4 Å². The fourth-order valence-corrected chi connectivity index (χ4v) is 5.27. The second kappa shape index (κ2) is 15.3. The van der Waals surface area contributed by atoms with Crippen molar-refractivity contribution in [3.8, 4) is 0 Å². The van der Waals surface area contributed by atoms with Crippen LogP contribution in [0.1, 0.15) is 22.3 Å². The van der Waals surface area contributed by atoms with Gasteiger partial charge in [0.2, 0.25) is 0 Å². The minimum Gasteiger partial charge on any atom is -0.505 e. The third-order valence-electron chi connectivity index (χ3n) is 7.48. The number of hydrogen-bond donors (Lipinski definition) is 0. The van der Waals surface area contributed by atoms with Gasteiger partial charge in [0.25, 0.3) is 0 Å². The summed E-state index contributed by atoms with van der Waals surface area (Å²) in [5, 5.41) is 6.97. The summed E-state index contributed by atoms with van der Waals surface area (Å²) in [7, 11) is 0. The first-order valence-electron chi connectivity index (χ1n) is 15.1. The molecule has 0 spiro atoms. The Hall–Kier alpha value is -5.39. The fourth-order valence-electron chi connectivity index (χ4n) is 5.27. The summed E-state index contributed by atoms with van der Waals surface area (Å²) in [6.45, 7) is 3.99. The topological polar surface area (TPSA) is 71.1 Å². The van der Waals surface area contributed by atoms with Crippen LogP contribution in [0.3, 0.4) is 0 Å². The number of aromatic nitrogens is 2. The van der Waals surface area contributed by atoms with E-state index in [1.807, 2.05) is 48.5 Å². The molecular weight excluding hydrogens is 762 g/mol. The van der Waals surface area contributed by atoms with E-state index in [0.29, 0.717) is 23.3 Å². The molecule has 0 unspecified atom stereocenters. The number of nitrogens with zero attached hydrogens (tertiary/aromatic N) is 7. The van der Waals surface area contributed by atoms with Crippen LogP contribution in [0.2, 0.25) is 0 Å². The number of fused-ring (bicyclic) bond motifs is 2. The van der Waals surface area contributed by atoms with Crippen molar-refractivity contribution in [2.45, 2.75) is 13.1 Å². The maximum absolute atomic E-state index is 4.69. The standard InChI is InChI=1S/C22H14N5.C17H17N2.Pt/c1-2-8-16-14-18-17(13-15(16)7-1)21(25-19-9-3-5-11-23-19)27-22(18)26-20-10-4-6-12-24-20;1-3-7-16(8-4-1)13-18-11-12-19(15-18)14-17-9-5-2-6-10-17;/h1-14H;1-12,15H,13-14H2;/q2*-1;+2. The molecule has 47 heavy (non-hydrogen) atoms. The van der Waals surface area contributed by atoms with Gasteiger partial charge in [-0.05, 0) is 81.8 Å². The zero-order chi connectivity index (χ0) is 31.0. The van der Waals surface area contributed by atoms with Gasteiger partial charge in [0, 0.05) is 37.2 Å². The third kappa shape index (κ3) is 8.07. The van der Waals surface area contributed by atoms with Crippen molar-refractivity contribution in [3.63, 3.8) is 0 Å². The molecule has 8 heteroatoms. The molecule has 232 valence electrons. The van der Waals surface area contributed by atoms with E-state index < -0.39 is 0 Å². The summed E-state index contributed by atoms with van der Waals surface area (Å²) in [6, 6.07) is 44.7. The number of aliphatic imine (C=N–C) groups is 2. The number of amidine groups is 2. The number of hydrogen-bond acceptors (Lipinski definition) is 6. The van der Waals surface area contributed by atoms with Crippen molar-refractivity contribution in [3.05, 3.63) is 192 Å². The first-order chi connectivity index (χ1) is 22.8. The van der Waals surface area contributed by atoms with Crippen LogP contribution < -0.4 is 0 Å². The van der Waals surface area contributed by atoms with Crippen LogP contribution >= 0.6 is 0 Å². The fraction of sp³-hybridized carbons (Fsp3) is 0.0513. The van der Waals surface area contributed by atoms with E-state index in [1.165, 1.54) is 11.1 Å². The van der Waals surface area contributed by atoms with Crippen LogP contribution in [0, 0.1) is 6.67 Å². The van der Waals surface area contributed by atoms with Crippen molar-refractivity contribution in [2.24, 2.45) is 9.98 Å². The smallest absolute Gasteiger partial charge is 0.505 e. The minimum absolute atomic E-state index is 0. The van der Waals surface area contributed by atoms with E-state index in [2.05, 4.69) is 139 Å². The molecular formula is C39H31N7Pt. The van der Waals surface area contributed by atoms with E-state index in [-0.39, 0.29) is 21.1 Å². The maximum Gasteiger partial charge on any atom is 2.00 e. The summed E-state index contributed by atoms with van der Waals surface area (Å²) < 4.78 is 0. The predicted molar refractivity (Wildman–Crippen MR) is 186 cm³/mol. The van der Waals surface area contributed by atoms with Gasteiger partial charge in [0.15, 0.2) is 0 Å². The SMILES string of the molecule is C1=CN(Cc2ccccc2)[CH-]N1Cc1ccccc1.[Pt+2].c1ccc(/N=C2\[N-]/C(=N\c3ccccn3)c3cc4ccccc4cc32)nc1. The molecule has 2 aromatic heterocycles. The average Bonchev–Trinajstić information content (AvgIpc) is 3.68. The first-order valence-corrected chi connectivity index (χ1v) is 15.1. The minimum atomic E-state index is 0. The van der Waals surface area contributed by atoms with E-state index in [4.69, 9.17) is 0 Å². The molecule has 4 aromatic carbocycles. The molecule has 0 N–H and O–H groups in total. The second-order valence-corrected chi connectivity index (χ2v) is 10.8. The second-order valence-electron chi connectivity index (χ2n) is 10.8. The summed E-state index contributed by atoms with van der Waals surface area (Å²) in [6.07, 6.45) is 7.68. The van der Waals surface area contributed by atoms with Gasteiger partial charge in [-0.25, -0.2) is 0 Å². The quantitative estimate of drug-likeness (QED) is 0.158. The molecule has 0 atom stereocenters. The van der Waals surface area contributed by atoms with E-state index in [0.717, 1.165) is 35.0 Å². The molecule has 0 saturated carbocycles. The largest absolute Gasteiger partial charge is 2.00 e. The number of rotatable bonds is 6. The van der Waals surface area contributed by atoms with Crippen molar-refractivity contribution < 1.29 is 21.1 Å². The van der Waals surface area contributed by atoms with E-state index in [9.17, 15) is 0 Å². The monoisotopic (exact) mass is 792 g/mol. The Morgan fingerprint density at radius 1 is 0.532 bits per heavy atom. The van der Waals surface area contributed by atoms with Crippen molar-refractivity contribution in [1.29, 1.82) is 0 Å². The molecule has 0 fully saturated rings. The summed E-state index contributed by atoms with van der Waals surface area (Å²) in [4.78, 5) is 22.3. The van der Waals surface area contributed by atoms with Gasteiger partial charge in [0.05, 0.1) is 11.6 Å². The normalized spacial score (nSPS) is 14.8. The Labute approximate surface area is 289 Å². The maximum atomic E-state index is 4.69. The van der Waals surface area contributed by atoms with Gasteiger partial charge in [-0.15, -0.1) is 0 Å². The molecule has 0 saturated heterocycles. The number of benzene rings is 4. The molecule has 8 rings (SSSR count). The van der Waals surface area contributed by atoms with Crippen LogP contribution in [0.5, 0.6) is 0 Å². The summed E-state index contributed by atoms with van der Waals surface area (Å²) >= 11 is 0. The van der Waals surface area contributed by atoms with Crippen LogP contribution in [0.15, 0.2) is 168 Å². The number of pyridine rings is 2. The summed E-state index contributed by atoms with van der Waals surface area (Å²) in [5.41, 5.74) is 4.55. The molecule has 0 radical (unpaired) electrons. The van der Waals surface area contributed by atoms with Crippen LogP contribution in [-0.2, 0) is 34.2 Å². The van der Waals surface area contributed by atoms with Gasteiger partial charge in [-0.3, -0.25) is 9.97 Å². The van der Waals surface area contributed by atoms with E-state index >= 15 is 0 Å². The predicted octanol–water partition coefficient (Wildman–Crippen LogP) is 8.77. The van der Waals surface area contributed by atoms with Crippen molar-refractivity contribution >= 4 is 34.1 Å². The molecule has 4 heterocycles. The molecule has 6 aromatic rings. The molecule has 7 nitrogen and oxygen atoms in total. The Kier molecular flexibility index (Phi) is 10.3. The summed E-state index contributed by atoms with van der Waals surface area (Å²) in [5.74, 6) is 2.47. The molecule has 0 bridgehead atoms. The van der Waals surface area contributed by atoms with Gasteiger partial charge in [-0.2, -0.15) is 6.67 Å². The van der Waals surface area contributed by atoms with E-state index in [1.54, 1.807) is 12.4 Å². The van der Waals surface area contributed by atoms with Gasteiger partial charge in [-0.1, -0.05) is 97.1 Å². The Morgan fingerprint density at radius 2 is 0.957 bits per heavy atom. The Morgan fingerprint density at radius 3 is 1.38 bits per heavy atom. The molecule has 2 aliphatic heterocycles. The molecule has 2 aliphatic rings. The van der Waals surface area contributed by atoms with Crippen molar-refractivity contribution in [2.75, 3.05) is 0 Å². The Bertz CT molecular complexity index is 1850. The zero-order valence-electron chi connectivity index (χ0n) is 25.4. The van der Waals surface area contributed by atoms with Crippen molar-refractivity contribution in [1.82, 2.24) is 19.8 Å². The first kappa shape index (κ1) is 31.6. The Balaban J connectivity index is 0.000000171. The van der Waals surface area contributed by atoms with Crippen LogP contribution in [0.25, 0.3) is 16.1 Å². The van der Waals surface area contributed by atoms with Gasteiger partial charge in [0.1, 0.15) is 0 Å². The average molecular weight is 793 g/mol. The molecule has 0 aliphatic carbocycles.